The van der Waals surface area contributed by atoms with Gasteiger partial charge in [0.25, 0.3) is 0 Å². The van der Waals surface area contributed by atoms with Crippen LogP contribution in [0.1, 0.15) is 45.6 Å². The summed E-state index contributed by atoms with van der Waals surface area (Å²) in [5, 5.41) is 34.5. The molecular weight excluding hydrogens is 856 g/mol. The van der Waals surface area contributed by atoms with Crippen molar-refractivity contribution in [2.24, 2.45) is 11.8 Å². The number of hydrogen-bond acceptors (Lipinski definition) is 19. The average Bonchev–Trinajstić information content (AvgIpc) is 3.85. The van der Waals surface area contributed by atoms with E-state index in [1.807, 2.05) is 13.8 Å². The molecule has 5 rings (SSSR count). The molecule has 0 aromatic carbocycles. The second-order valence-electron chi connectivity index (χ2n) is 14.6. The van der Waals surface area contributed by atoms with Crippen molar-refractivity contribution in [1.82, 2.24) is 34.0 Å². The molecule has 2 fully saturated rings. The Morgan fingerprint density at radius 1 is 1.05 bits per heavy atom. The van der Waals surface area contributed by atoms with Crippen molar-refractivity contribution < 1.29 is 76.5 Å². The lowest BCUT2D eigenvalue weighted by Crippen LogP contribution is -2.67. The third-order valence-electron chi connectivity index (χ3n) is 10.2. The van der Waals surface area contributed by atoms with Crippen LogP contribution in [0.3, 0.4) is 0 Å². The molecule has 0 radical (unpaired) electrons. The highest BCUT2D eigenvalue weighted by Gasteiger charge is 2.63. The molecule has 2 aliphatic heterocycles. The number of aliphatic hydroxyl groups excluding tert-OH is 2. The number of carboxylic acid groups (broad SMARTS) is 1. The molecule has 3 aromatic heterocycles. The molecule has 10 atom stereocenters. The van der Waals surface area contributed by atoms with Crippen LogP contribution in [0.25, 0.3) is 11.2 Å². The highest BCUT2D eigenvalue weighted by Crippen LogP contribution is 2.51. The number of fused-ring (bicyclic) bond motifs is 1. The minimum absolute atomic E-state index is 0.0376. The summed E-state index contributed by atoms with van der Waals surface area (Å²) in [6, 6.07) is 1.16. The Morgan fingerprint density at radius 3 is 2.36 bits per heavy atom. The smallest absolute Gasteiger partial charge is 0.472 e. The number of likely N-dealkylation sites (N-methyl/N-ethyl adjacent to an activating group) is 1. The number of aromatic nitrogens is 6. The van der Waals surface area contributed by atoms with Crippen LogP contribution in [0.15, 0.2) is 42.4 Å². The van der Waals surface area contributed by atoms with Gasteiger partial charge in [-0.3, -0.25) is 27.5 Å². The topological polar surface area (TPSA) is 379 Å². The minimum atomic E-state index is -5.51. The number of anilines is 2. The number of carboxylic acids is 1. The lowest BCUT2D eigenvalue weighted by atomic mass is 9.76. The first kappa shape index (κ1) is 47.8. The molecule has 10 N–H and O–H groups in total. The number of carbonyl (C=O) groups is 2. The lowest BCUT2D eigenvalue weighted by molar-refractivity contribution is -0.174. The van der Waals surface area contributed by atoms with Gasteiger partial charge in [-0.1, -0.05) is 19.9 Å². The zero-order valence-corrected chi connectivity index (χ0v) is 34.9. The Kier molecular flexibility index (Phi) is 15.2. The van der Waals surface area contributed by atoms with Gasteiger partial charge >= 0.3 is 27.3 Å². The molecule has 61 heavy (non-hydrogen) atoms. The lowest BCUT2D eigenvalue weighted by Gasteiger charge is -2.44. The number of amides is 1. The molecule has 5 unspecified atom stereocenters. The molecule has 5 heterocycles. The van der Waals surface area contributed by atoms with Crippen molar-refractivity contribution in [3.63, 3.8) is 0 Å². The highest BCUT2D eigenvalue weighted by atomic mass is 31.2. The quantitative estimate of drug-likeness (QED) is 0.0372. The fourth-order valence-electron chi connectivity index (χ4n) is 7.04. The third-order valence-corrected chi connectivity index (χ3v) is 11.6. The van der Waals surface area contributed by atoms with Gasteiger partial charge in [-0.25, -0.2) is 33.7 Å². The van der Waals surface area contributed by atoms with Gasteiger partial charge in [-0.2, -0.15) is 4.98 Å². The normalized spacial score (nSPS) is 26.3. The van der Waals surface area contributed by atoms with Crippen molar-refractivity contribution in [3.05, 3.63) is 48.1 Å². The summed E-state index contributed by atoms with van der Waals surface area (Å²) in [7, 11) is -9.52. The molecule has 0 aliphatic carbocycles. The number of aliphatic carboxylic acids is 1. The number of nitrogens with zero attached hydrogens (tertiary/aromatic N) is 7. The van der Waals surface area contributed by atoms with E-state index in [-0.39, 0.29) is 48.2 Å². The summed E-state index contributed by atoms with van der Waals surface area (Å²) in [5.41, 5.74) is 8.16. The first-order valence-electron chi connectivity index (χ1n) is 18.6. The van der Waals surface area contributed by atoms with Crippen LogP contribution in [0.2, 0.25) is 0 Å². The third kappa shape index (κ3) is 10.7. The maximum atomic E-state index is 13.8. The Hall–Kier alpha value is -4.27. The number of allylic oxidation sites excluding steroid dienone is 1. The average molecular weight is 906 g/mol. The van der Waals surface area contributed by atoms with Crippen molar-refractivity contribution in [2.75, 3.05) is 44.9 Å². The number of ether oxygens (including phenoxy) is 3. The molecule has 3 aromatic rings. The zero-order valence-electron chi connectivity index (χ0n) is 33.1. The summed E-state index contributed by atoms with van der Waals surface area (Å²) in [4.78, 5) is 86.4. The molecule has 2 saturated heterocycles. The van der Waals surface area contributed by atoms with Crippen molar-refractivity contribution in [1.29, 1.82) is 0 Å². The zero-order chi connectivity index (χ0) is 45.0. The van der Waals surface area contributed by atoms with Crippen molar-refractivity contribution in [3.8, 4) is 0 Å². The summed E-state index contributed by atoms with van der Waals surface area (Å²) >= 11 is 0. The largest absolute Gasteiger partial charge is 0.479 e. The Labute approximate surface area is 346 Å². The number of nitrogen functional groups attached to an aromatic ring is 2. The number of carbonyl (C=O) groups excluding carboxylic acids is 1. The SMILES string of the molecule is C=CCCC(=O)N(C)[C@](COCCC(C)C)(C(=O)O)C1C(COP(=O)(O)O[C@H]2[C@@H](O)[C@H](n3ccc(N)nc3=O)O[C@@H]2COP(=O)(O)O)OC(n2cnc3c(N)ncnc32)C1O. The molecule has 2 aliphatic rings. The van der Waals surface area contributed by atoms with E-state index in [2.05, 4.69) is 31.0 Å². The van der Waals surface area contributed by atoms with Crippen LogP contribution in [0, 0.1) is 11.8 Å². The van der Waals surface area contributed by atoms with E-state index >= 15 is 0 Å². The van der Waals surface area contributed by atoms with Gasteiger partial charge in [-0.15, -0.1) is 6.58 Å². The van der Waals surface area contributed by atoms with Crippen LogP contribution in [0.5, 0.6) is 0 Å². The Bertz CT molecular complexity index is 2210. The molecule has 28 heteroatoms. The van der Waals surface area contributed by atoms with E-state index in [1.165, 1.54) is 24.0 Å². The Balaban J connectivity index is 1.52. The molecule has 26 nitrogen and oxygen atoms in total. The number of hydrogen-bond donors (Lipinski definition) is 8. The highest BCUT2D eigenvalue weighted by molar-refractivity contribution is 7.47. The van der Waals surface area contributed by atoms with Gasteiger partial charge in [0.1, 0.15) is 42.1 Å². The van der Waals surface area contributed by atoms with Crippen LogP contribution in [-0.4, -0.2) is 145 Å². The van der Waals surface area contributed by atoms with Gasteiger partial charge < -0.3 is 60.6 Å². The number of phosphoric ester groups is 2. The number of imidazole rings is 1. The van der Waals surface area contributed by atoms with Gasteiger partial charge in [0.2, 0.25) is 5.91 Å². The first-order chi connectivity index (χ1) is 28.6. The van der Waals surface area contributed by atoms with Gasteiger partial charge in [0.15, 0.2) is 29.5 Å². The van der Waals surface area contributed by atoms with Gasteiger partial charge in [-0.05, 0) is 24.8 Å². The molecule has 1 amide bonds. The fraction of sp³-hybridized carbons (Fsp3) is 0.606. The number of aliphatic hydroxyl groups is 2. The second-order valence-corrected chi connectivity index (χ2v) is 17.3. The predicted octanol–water partition coefficient (Wildman–Crippen LogP) is -0.697. The fourth-order valence-corrected chi connectivity index (χ4v) is 8.35. The van der Waals surface area contributed by atoms with E-state index < -0.39 is 107 Å². The van der Waals surface area contributed by atoms with Gasteiger partial charge in [0, 0.05) is 26.3 Å². The number of nitrogens with two attached hydrogens (primary N) is 2. The number of phosphoric acid groups is 2. The van der Waals surface area contributed by atoms with E-state index in [4.69, 9.17) is 34.7 Å². The maximum Gasteiger partial charge on any atom is 0.472 e. The van der Waals surface area contributed by atoms with Crippen molar-refractivity contribution in [2.45, 2.75) is 81.6 Å². The van der Waals surface area contributed by atoms with Crippen molar-refractivity contribution >= 4 is 50.3 Å². The van der Waals surface area contributed by atoms with E-state index in [0.717, 1.165) is 28.1 Å². The molecule has 338 valence electrons. The van der Waals surface area contributed by atoms with E-state index in [9.17, 15) is 53.5 Å². The van der Waals surface area contributed by atoms with Gasteiger partial charge in [0.05, 0.1) is 38.2 Å². The summed E-state index contributed by atoms with van der Waals surface area (Å²) < 4.78 is 60.2. The Morgan fingerprint density at radius 2 is 1.72 bits per heavy atom. The van der Waals surface area contributed by atoms with Crippen LogP contribution in [-0.2, 0) is 46.5 Å². The van der Waals surface area contributed by atoms with Crippen LogP contribution < -0.4 is 17.2 Å². The predicted molar refractivity (Wildman–Crippen MR) is 207 cm³/mol. The molecule has 0 bridgehead atoms. The summed E-state index contributed by atoms with van der Waals surface area (Å²) in [5.74, 6) is -4.19. The van der Waals surface area contributed by atoms with E-state index in [1.54, 1.807) is 0 Å². The standard InChI is InChI=1S/C33H49N9O17P2/c1-5-6-7-21(43)40(4)33(31(46)47,14-54-11-9-17(2)3)22-18(57-29(24(22)44)42-16-38-23-27(35)36-15-37-28(23)42)12-56-61(52,53)59-26-19(13-55-60(49,50)51)58-30(25(26)45)41-10-8-20(34)39-32(41)48/h5,8,10,15-19,22,24-26,29-30,44-45H,1,6-7,9,11-14H2,2-4H3,(H,46,47)(H,52,53)(H2,34,39,48)(H2,35,36,37)(H2,49,50,51)/t18?,19-,22?,24?,25-,26-,29?,30-,33+/m1/s1. The second kappa shape index (κ2) is 19.4. The molecule has 0 saturated carbocycles. The molecular formula is C33H49N9O17P2. The number of rotatable bonds is 21. The minimum Gasteiger partial charge on any atom is -0.479 e. The maximum absolute atomic E-state index is 13.8. The van der Waals surface area contributed by atoms with E-state index in [0.29, 0.717) is 6.42 Å². The first-order valence-corrected chi connectivity index (χ1v) is 21.6. The van der Waals surface area contributed by atoms with Crippen LogP contribution in [0.4, 0.5) is 11.6 Å². The molecule has 0 spiro atoms. The van der Waals surface area contributed by atoms with Crippen LogP contribution >= 0.6 is 15.6 Å². The summed E-state index contributed by atoms with van der Waals surface area (Å²) in [6.45, 7) is 4.66. The monoisotopic (exact) mass is 905 g/mol. The summed E-state index contributed by atoms with van der Waals surface area (Å²) in [6.07, 6.45) is -7.39.